The first-order chi connectivity index (χ1) is 15.5. The Hall–Kier alpha value is -4.78. The molecule has 158 valence electrons. The third-order valence-corrected chi connectivity index (χ3v) is 4.81. The lowest BCUT2D eigenvalue weighted by atomic mass is 10.1. The number of nitriles is 1. The third-order valence-electron chi connectivity index (χ3n) is 4.81. The number of fused-ring (bicyclic) bond motifs is 1. The molecule has 32 heavy (non-hydrogen) atoms. The van der Waals surface area contributed by atoms with E-state index in [-0.39, 0.29) is 11.6 Å². The molecule has 2 amide bonds. The fraction of sp³-hybridized carbons (Fsp3) is 0.0909. The van der Waals surface area contributed by atoms with Gasteiger partial charge in [0.05, 0.1) is 30.7 Å². The maximum Gasteiger partial charge on any atom is 0.412 e. The van der Waals surface area contributed by atoms with E-state index in [9.17, 15) is 9.59 Å². The second kappa shape index (κ2) is 8.53. The van der Waals surface area contributed by atoms with Crippen molar-refractivity contribution >= 4 is 29.0 Å². The number of carbonyl (C=O) groups excluding carboxylic acids is 2. The summed E-state index contributed by atoms with van der Waals surface area (Å²) in [6, 6.07) is 12.0. The normalized spacial score (nSPS) is 10.4. The molecule has 4 aromatic heterocycles. The molecule has 0 bridgehead atoms. The van der Waals surface area contributed by atoms with E-state index in [0.717, 1.165) is 16.6 Å². The van der Waals surface area contributed by atoms with Crippen LogP contribution in [0.25, 0.3) is 16.6 Å². The lowest BCUT2D eigenvalue weighted by Gasteiger charge is -2.17. The molecular weight excluding hydrogens is 410 g/mol. The number of nitrogens with one attached hydrogen (secondary N) is 1. The van der Waals surface area contributed by atoms with Gasteiger partial charge in [0, 0.05) is 36.1 Å². The van der Waals surface area contributed by atoms with E-state index in [1.54, 1.807) is 66.6 Å². The molecule has 0 saturated carbocycles. The molecule has 4 rings (SSSR count). The molecule has 0 aromatic carbocycles. The maximum absolute atomic E-state index is 13.0. The molecule has 4 aromatic rings. The van der Waals surface area contributed by atoms with Gasteiger partial charge in [-0.05, 0) is 36.4 Å². The van der Waals surface area contributed by atoms with Gasteiger partial charge in [-0.3, -0.25) is 10.1 Å². The smallest absolute Gasteiger partial charge is 0.412 e. The van der Waals surface area contributed by atoms with Crippen LogP contribution in [0.5, 0.6) is 0 Å². The van der Waals surface area contributed by atoms with E-state index in [2.05, 4.69) is 25.1 Å². The number of pyridine rings is 3. The summed E-state index contributed by atoms with van der Waals surface area (Å²) >= 11 is 0. The summed E-state index contributed by atoms with van der Waals surface area (Å²) in [6.45, 7) is 0. The number of amides is 2. The fourth-order valence-electron chi connectivity index (χ4n) is 3.08. The second-order valence-corrected chi connectivity index (χ2v) is 6.73. The van der Waals surface area contributed by atoms with Gasteiger partial charge in [0.15, 0.2) is 0 Å². The van der Waals surface area contributed by atoms with Gasteiger partial charge in [0.25, 0.3) is 5.91 Å². The van der Waals surface area contributed by atoms with Crippen LogP contribution in [0.3, 0.4) is 0 Å². The van der Waals surface area contributed by atoms with Crippen molar-refractivity contribution in [2.24, 2.45) is 0 Å². The van der Waals surface area contributed by atoms with Crippen molar-refractivity contribution in [2.75, 3.05) is 24.4 Å². The van der Waals surface area contributed by atoms with Gasteiger partial charge < -0.3 is 9.64 Å². The third kappa shape index (κ3) is 3.95. The molecule has 10 heteroatoms. The Kier molecular flexibility index (Phi) is 5.46. The van der Waals surface area contributed by atoms with E-state index in [1.807, 2.05) is 6.07 Å². The van der Waals surface area contributed by atoms with Gasteiger partial charge >= 0.3 is 6.09 Å². The molecule has 0 aliphatic rings. The van der Waals surface area contributed by atoms with Crippen LogP contribution in [0, 0.1) is 11.3 Å². The van der Waals surface area contributed by atoms with Crippen LogP contribution in [-0.4, -0.2) is 45.7 Å². The Morgan fingerprint density at radius 2 is 1.97 bits per heavy atom. The van der Waals surface area contributed by atoms with E-state index in [1.165, 1.54) is 18.2 Å². The molecule has 0 spiro atoms. The summed E-state index contributed by atoms with van der Waals surface area (Å²) in [5, 5.41) is 15.7. The minimum atomic E-state index is -0.606. The number of carbonyl (C=O) groups is 2. The van der Waals surface area contributed by atoms with E-state index in [0.29, 0.717) is 17.1 Å². The Labute approximate surface area is 182 Å². The largest absolute Gasteiger partial charge is 0.453 e. The quantitative estimate of drug-likeness (QED) is 0.530. The number of hydrogen-bond donors (Lipinski definition) is 1. The standard InChI is InChI=1S/C22H17N7O3/c1-28(17-5-4-16(10-23)24-12-17)21(30)14-7-8-29-19(9-14)18(13-26-29)15-3-6-20(25-11-15)27-22(31)32-2/h3-9,11-13H,1-2H3,(H,25,27,31). The predicted molar refractivity (Wildman–Crippen MR) is 116 cm³/mol. The molecule has 0 saturated heterocycles. The number of methoxy groups -OCH3 is 1. The van der Waals surface area contributed by atoms with Crippen LogP contribution in [0.4, 0.5) is 16.3 Å². The van der Waals surface area contributed by atoms with E-state index in [4.69, 9.17) is 5.26 Å². The summed E-state index contributed by atoms with van der Waals surface area (Å²) in [5.74, 6) is 0.118. The van der Waals surface area contributed by atoms with Crippen LogP contribution in [0.2, 0.25) is 0 Å². The van der Waals surface area contributed by atoms with Crippen LogP contribution >= 0.6 is 0 Å². The maximum atomic E-state index is 13.0. The van der Waals surface area contributed by atoms with Crippen molar-refractivity contribution in [3.8, 4) is 17.2 Å². The summed E-state index contributed by atoms with van der Waals surface area (Å²) in [6.07, 6.45) is 5.87. The predicted octanol–water partition coefficient (Wildman–Crippen LogP) is 3.12. The van der Waals surface area contributed by atoms with Gasteiger partial charge in [0.1, 0.15) is 17.6 Å². The van der Waals surface area contributed by atoms with Crippen molar-refractivity contribution in [1.82, 2.24) is 19.6 Å². The first kappa shape index (κ1) is 20.5. The average molecular weight is 427 g/mol. The lowest BCUT2D eigenvalue weighted by molar-refractivity contribution is 0.0993. The van der Waals surface area contributed by atoms with Gasteiger partial charge in [-0.2, -0.15) is 10.4 Å². The Morgan fingerprint density at radius 3 is 2.62 bits per heavy atom. The summed E-state index contributed by atoms with van der Waals surface area (Å²) in [5.41, 5.74) is 3.58. The highest BCUT2D eigenvalue weighted by atomic mass is 16.5. The molecule has 0 unspecified atom stereocenters. The van der Waals surface area contributed by atoms with E-state index >= 15 is 0 Å². The highest BCUT2D eigenvalue weighted by molar-refractivity contribution is 6.06. The minimum absolute atomic E-state index is 0.234. The second-order valence-electron chi connectivity index (χ2n) is 6.73. The molecule has 0 aliphatic heterocycles. The monoisotopic (exact) mass is 427 g/mol. The first-order valence-corrected chi connectivity index (χ1v) is 9.43. The van der Waals surface area contributed by atoms with Crippen molar-refractivity contribution in [3.63, 3.8) is 0 Å². The van der Waals surface area contributed by atoms with Crippen LogP contribution in [0.15, 0.2) is 61.2 Å². The van der Waals surface area contributed by atoms with Gasteiger partial charge in [-0.25, -0.2) is 19.3 Å². The van der Waals surface area contributed by atoms with Crippen molar-refractivity contribution < 1.29 is 14.3 Å². The van der Waals surface area contributed by atoms with Crippen molar-refractivity contribution in [3.05, 3.63) is 72.4 Å². The van der Waals surface area contributed by atoms with E-state index < -0.39 is 6.09 Å². The van der Waals surface area contributed by atoms with Gasteiger partial charge in [0.2, 0.25) is 0 Å². The lowest BCUT2D eigenvalue weighted by Crippen LogP contribution is -2.26. The number of rotatable bonds is 4. The molecule has 0 fully saturated rings. The topological polar surface area (TPSA) is 126 Å². The zero-order valence-corrected chi connectivity index (χ0v) is 17.2. The molecule has 10 nitrogen and oxygen atoms in total. The van der Waals surface area contributed by atoms with Crippen LogP contribution < -0.4 is 10.2 Å². The van der Waals surface area contributed by atoms with Crippen molar-refractivity contribution in [1.29, 1.82) is 5.26 Å². The summed E-state index contributed by atoms with van der Waals surface area (Å²) in [4.78, 5) is 34.0. The number of ether oxygens (including phenoxy) is 1. The van der Waals surface area contributed by atoms with Gasteiger partial charge in [-0.1, -0.05) is 0 Å². The highest BCUT2D eigenvalue weighted by Gasteiger charge is 2.16. The SMILES string of the molecule is COC(=O)Nc1ccc(-c2cnn3ccc(C(=O)N(C)c4ccc(C#N)nc4)cc23)cn1. The Morgan fingerprint density at radius 1 is 1.12 bits per heavy atom. The molecule has 0 aliphatic carbocycles. The number of aromatic nitrogens is 4. The highest BCUT2D eigenvalue weighted by Crippen LogP contribution is 2.26. The Bertz CT molecular complexity index is 1340. The molecule has 1 N–H and O–H groups in total. The fourth-order valence-corrected chi connectivity index (χ4v) is 3.08. The zero-order chi connectivity index (χ0) is 22.7. The van der Waals surface area contributed by atoms with Crippen LogP contribution in [0.1, 0.15) is 16.1 Å². The summed E-state index contributed by atoms with van der Waals surface area (Å²) in [7, 11) is 2.92. The number of nitrogens with zero attached hydrogens (tertiary/aromatic N) is 6. The number of hydrogen-bond acceptors (Lipinski definition) is 7. The molecule has 4 heterocycles. The minimum Gasteiger partial charge on any atom is -0.453 e. The van der Waals surface area contributed by atoms with Crippen molar-refractivity contribution in [2.45, 2.75) is 0 Å². The van der Waals surface area contributed by atoms with Gasteiger partial charge in [-0.15, -0.1) is 0 Å². The van der Waals surface area contributed by atoms with Crippen LogP contribution in [-0.2, 0) is 4.74 Å². The first-order valence-electron chi connectivity index (χ1n) is 9.43. The Balaban J connectivity index is 1.63. The molecular formula is C22H17N7O3. The summed E-state index contributed by atoms with van der Waals surface area (Å²) < 4.78 is 6.22. The number of anilines is 2. The average Bonchev–Trinajstić information content (AvgIpc) is 3.27. The zero-order valence-electron chi connectivity index (χ0n) is 17.2. The molecule has 0 radical (unpaired) electrons. The molecule has 0 atom stereocenters.